The Bertz CT molecular complexity index is 1140. The van der Waals surface area contributed by atoms with Crippen molar-refractivity contribution in [3.63, 3.8) is 0 Å². The van der Waals surface area contributed by atoms with E-state index < -0.39 is 5.97 Å². The van der Waals surface area contributed by atoms with E-state index in [4.69, 9.17) is 4.42 Å². The molecule has 4 aromatic rings. The summed E-state index contributed by atoms with van der Waals surface area (Å²) < 4.78 is 10.1. The van der Waals surface area contributed by atoms with Gasteiger partial charge in [0.05, 0.1) is 30.6 Å². The average molecular weight is 379 g/mol. The fourth-order valence-corrected chi connectivity index (χ4v) is 3.33. The number of para-hydroxylation sites is 1. The van der Waals surface area contributed by atoms with Crippen LogP contribution in [0.15, 0.2) is 59.3 Å². The molecule has 0 atom stereocenters. The number of hydrogen-bond acceptors (Lipinski definition) is 7. The second kappa shape index (κ2) is 7.00. The number of methoxy groups -OCH3 is 1. The van der Waals surface area contributed by atoms with Crippen LogP contribution in [0, 0.1) is 0 Å². The number of furan rings is 1. The lowest BCUT2D eigenvalue weighted by Gasteiger charge is -2.08. The number of carbonyl (C=O) groups excluding carboxylic acids is 2. The monoisotopic (exact) mass is 379 g/mol. The zero-order valence-corrected chi connectivity index (χ0v) is 14.9. The maximum Gasteiger partial charge on any atom is 0.349 e. The summed E-state index contributed by atoms with van der Waals surface area (Å²) in [5.74, 6) is -0.285. The molecule has 0 radical (unpaired) electrons. The predicted molar refractivity (Wildman–Crippen MR) is 101 cm³/mol. The van der Waals surface area contributed by atoms with Gasteiger partial charge in [-0.2, -0.15) is 0 Å². The van der Waals surface area contributed by atoms with Gasteiger partial charge in [-0.15, -0.1) is 0 Å². The number of amides is 1. The van der Waals surface area contributed by atoms with E-state index in [1.807, 2.05) is 24.3 Å². The summed E-state index contributed by atoms with van der Waals surface area (Å²) >= 11 is 1.04. The molecular weight excluding hydrogens is 366 g/mol. The van der Waals surface area contributed by atoms with Crippen molar-refractivity contribution in [1.82, 2.24) is 9.97 Å². The van der Waals surface area contributed by atoms with Crippen molar-refractivity contribution in [3.05, 3.63) is 65.4 Å². The van der Waals surface area contributed by atoms with Crippen molar-refractivity contribution in [2.45, 2.75) is 0 Å². The van der Waals surface area contributed by atoms with E-state index in [-0.39, 0.29) is 5.91 Å². The minimum Gasteiger partial charge on any atom is -0.465 e. The lowest BCUT2D eigenvalue weighted by Crippen LogP contribution is -2.12. The van der Waals surface area contributed by atoms with E-state index in [2.05, 4.69) is 20.0 Å². The molecule has 7 nitrogen and oxygen atoms in total. The minimum atomic E-state index is -0.498. The number of benzene rings is 1. The fraction of sp³-hybridized carbons (Fsp3) is 0.0526. The van der Waals surface area contributed by atoms with Crippen molar-refractivity contribution in [2.75, 3.05) is 12.4 Å². The van der Waals surface area contributed by atoms with Crippen LogP contribution in [-0.2, 0) is 4.74 Å². The number of nitrogens with one attached hydrogen (secondary N) is 1. The van der Waals surface area contributed by atoms with Crippen LogP contribution in [0.2, 0.25) is 0 Å². The summed E-state index contributed by atoms with van der Waals surface area (Å²) in [6.45, 7) is 0. The van der Waals surface area contributed by atoms with Crippen molar-refractivity contribution in [3.8, 4) is 11.5 Å². The molecule has 3 heterocycles. The molecule has 0 spiro atoms. The lowest BCUT2D eigenvalue weighted by molar-refractivity contribution is 0.0606. The summed E-state index contributed by atoms with van der Waals surface area (Å²) in [4.78, 5) is 33.4. The van der Waals surface area contributed by atoms with Crippen LogP contribution >= 0.6 is 11.3 Å². The summed E-state index contributed by atoms with van der Waals surface area (Å²) in [7, 11) is 1.29. The first-order valence-corrected chi connectivity index (χ1v) is 8.76. The van der Waals surface area contributed by atoms with Gasteiger partial charge in [-0.05, 0) is 24.3 Å². The molecule has 0 aliphatic heterocycles. The number of aromatic nitrogens is 2. The van der Waals surface area contributed by atoms with Crippen molar-refractivity contribution in [1.29, 1.82) is 0 Å². The molecule has 0 saturated carbocycles. The third-order valence-corrected chi connectivity index (χ3v) is 4.74. The number of thiazole rings is 1. The normalized spacial score (nSPS) is 10.7. The number of rotatable bonds is 4. The molecule has 0 bridgehead atoms. The Hall–Kier alpha value is -3.52. The molecule has 0 fully saturated rings. The first-order chi connectivity index (χ1) is 13.2. The molecule has 1 N–H and O–H groups in total. The SMILES string of the molecule is COC(=O)c1cnc(NC(=O)c2cc(-c3ccco3)nc3ccccc23)s1. The highest BCUT2D eigenvalue weighted by Gasteiger charge is 2.17. The van der Waals surface area contributed by atoms with Crippen LogP contribution in [0.5, 0.6) is 0 Å². The van der Waals surface area contributed by atoms with Crippen LogP contribution < -0.4 is 5.32 Å². The van der Waals surface area contributed by atoms with Crippen LogP contribution in [-0.4, -0.2) is 29.0 Å². The number of pyridine rings is 1. The molecule has 27 heavy (non-hydrogen) atoms. The average Bonchev–Trinajstić information content (AvgIpc) is 3.38. The standard InChI is InChI=1S/C19H13N3O4S/c1-25-18(24)16-10-20-19(27-16)22-17(23)12-9-14(15-7-4-8-26-15)21-13-6-3-2-5-11(12)13/h2-10H,1H3,(H,20,22,23). The molecule has 3 aromatic heterocycles. The zero-order valence-electron chi connectivity index (χ0n) is 14.1. The molecular formula is C19H13N3O4S. The van der Waals surface area contributed by atoms with Gasteiger partial charge in [-0.25, -0.2) is 14.8 Å². The second-order valence-corrected chi connectivity index (χ2v) is 6.56. The number of ether oxygens (including phenoxy) is 1. The van der Waals surface area contributed by atoms with E-state index in [0.717, 1.165) is 11.3 Å². The Morgan fingerprint density at radius 2 is 2.04 bits per heavy atom. The number of hydrogen-bond donors (Lipinski definition) is 1. The quantitative estimate of drug-likeness (QED) is 0.539. The third kappa shape index (κ3) is 3.30. The number of esters is 1. The highest BCUT2D eigenvalue weighted by Crippen LogP contribution is 2.26. The van der Waals surface area contributed by atoms with Gasteiger partial charge in [0, 0.05) is 5.39 Å². The maximum absolute atomic E-state index is 12.9. The summed E-state index contributed by atoms with van der Waals surface area (Å²) in [5, 5.41) is 3.73. The van der Waals surface area contributed by atoms with Crippen LogP contribution in [0.4, 0.5) is 5.13 Å². The fourth-order valence-electron chi connectivity index (χ4n) is 2.61. The summed E-state index contributed by atoms with van der Waals surface area (Å²) in [6.07, 6.45) is 2.92. The van der Waals surface area contributed by atoms with E-state index in [0.29, 0.717) is 37.9 Å². The number of nitrogens with zero attached hydrogens (tertiary/aromatic N) is 2. The Balaban J connectivity index is 1.72. The van der Waals surface area contributed by atoms with Crippen molar-refractivity contribution < 1.29 is 18.7 Å². The van der Waals surface area contributed by atoms with Crippen molar-refractivity contribution in [2.24, 2.45) is 0 Å². The Morgan fingerprint density at radius 1 is 1.19 bits per heavy atom. The van der Waals surface area contributed by atoms with E-state index in [1.165, 1.54) is 13.3 Å². The molecule has 0 aliphatic carbocycles. The van der Waals surface area contributed by atoms with Crippen LogP contribution in [0.3, 0.4) is 0 Å². The van der Waals surface area contributed by atoms with Crippen LogP contribution in [0.1, 0.15) is 20.0 Å². The highest BCUT2D eigenvalue weighted by atomic mass is 32.1. The molecule has 0 aliphatic rings. The van der Waals surface area contributed by atoms with Gasteiger partial charge in [0.1, 0.15) is 10.6 Å². The van der Waals surface area contributed by atoms with E-state index in [1.54, 1.807) is 24.5 Å². The minimum absolute atomic E-state index is 0.306. The topological polar surface area (TPSA) is 94.3 Å². The number of fused-ring (bicyclic) bond motifs is 1. The molecule has 0 unspecified atom stereocenters. The Morgan fingerprint density at radius 3 is 2.81 bits per heavy atom. The smallest absolute Gasteiger partial charge is 0.349 e. The third-order valence-electron chi connectivity index (χ3n) is 3.85. The van der Waals surface area contributed by atoms with Gasteiger partial charge in [-0.3, -0.25) is 10.1 Å². The second-order valence-electron chi connectivity index (χ2n) is 5.52. The van der Waals surface area contributed by atoms with Gasteiger partial charge in [0.15, 0.2) is 10.9 Å². The number of anilines is 1. The molecule has 4 rings (SSSR count). The van der Waals surface area contributed by atoms with Gasteiger partial charge in [0.2, 0.25) is 0 Å². The molecule has 8 heteroatoms. The molecule has 1 aromatic carbocycles. The Labute approximate surface area is 157 Å². The highest BCUT2D eigenvalue weighted by molar-refractivity contribution is 7.17. The van der Waals surface area contributed by atoms with E-state index >= 15 is 0 Å². The van der Waals surface area contributed by atoms with Crippen LogP contribution in [0.25, 0.3) is 22.4 Å². The predicted octanol–water partition coefficient (Wildman–Crippen LogP) is 3.99. The summed E-state index contributed by atoms with van der Waals surface area (Å²) in [5.41, 5.74) is 1.66. The van der Waals surface area contributed by atoms with Gasteiger partial charge < -0.3 is 9.15 Å². The van der Waals surface area contributed by atoms with Gasteiger partial charge in [-0.1, -0.05) is 29.5 Å². The first kappa shape index (κ1) is 16.9. The first-order valence-electron chi connectivity index (χ1n) is 7.95. The maximum atomic E-state index is 12.9. The summed E-state index contributed by atoms with van der Waals surface area (Å²) in [6, 6.07) is 12.6. The van der Waals surface area contributed by atoms with Gasteiger partial charge >= 0.3 is 5.97 Å². The lowest BCUT2D eigenvalue weighted by atomic mass is 10.1. The van der Waals surface area contributed by atoms with E-state index in [9.17, 15) is 9.59 Å². The molecule has 1 amide bonds. The van der Waals surface area contributed by atoms with Gasteiger partial charge in [0.25, 0.3) is 5.91 Å². The molecule has 0 saturated heterocycles. The zero-order chi connectivity index (χ0) is 18.8. The van der Waals surface area contributed by atoms with Crippen molar-refractivity contribution >= 4 is 39.2 Å². The largest absolute Gasteiger partial charge is 0.465 e. The number of carbonyl (C=O) groups is 2. The Kier molecular flexibility index (Phi) is 4.39. The molecule has 134 valence electrons.